The number of ether oxygens (including phenoxy) is 1. The lowest BCUT2D eigenvalue weighted by Gasteiger charge is -2.15. The highest BCUT2D eigenvalue weighted by Crippen LogP contribution is 2.48. The molecule has 2 aromatic rings. The molecule has 1 fully saturated rings. The van der Waals surface area contributed by atoms with E-state index in [9.17, 15) is 0 Å². The van der Waals surface area contributed by atoms with Gasteiger partial charge < -0.3 is 10.1 Å². The van der Waals surface area contributed by atoms with Gasteiger partial charge in [-0.15, -0.1) is 11.3 Å². The molecule has 0 saturated heterocycles. The van der Waals surface area contributed by atoms with Crippen molar-refractivity contribution < 1.29 is 4.74 Å². The highest BCUT2D eigenvalue weighted by atomic mass is 35.5. The van der Waals surface area contributed by atoms with E-state index >= 15 is 0 Å². The van der Waals surface area contributed by atoms with Crippen LogP contribution >= 0.6 is 22.9 Å². The van der Waals surface area contributed by atoms with Gasteiger partial charge in [-0.3, -0.25) is 0 Å². The van der Waals surface area contributed by atoms with Crippen molar-refractivity contribution in [1.82, 2.24) is 5.32 Å². The Bertz CT molecular complexity index is 591. The number of hydrogen-bond donors (Lipinski definition) is 1. The first-order valence-corrected chi connectivity index (χ1v) is 8.29. The molecule has 2 nitrogen and oxygen atoms in total. The van der Waals surface area contributed by atoms with Gasteiger partial charge in [0.25, 0.3) is 0 Å². The first kappa shape index (κ1) is 14.3. The van der Waals surface area contributed by atoms with Gasteiger partial charge in [0.2, 0.25) is 0 Å². The maximum absolute atomic E-state index is 6.46. The second-order valence-corrected chi connectivity index (χ2v) is 7.20. The van der Waals surface area contributed by atoms with Crippen molar-refractivity contribution in [1.29, 1.82) is 0 Å². The lowest BCUT2D eigenvalue weighted by Crippen LogP contribution is -2.24. The normalized spacial score (nSPS) is 16.7. The van der Waals surface area contributed by atoms with Gasteiger partial charge in [-0.2, -0.15) is 0 Å². The van der Waals surface area contributed by atoms with E-state index in [-0.39, 0.29) is 0 Å². The van der Waals surface area contributed by atoms with E-state index in [0.29, 0.717) is 5.41 Å². The third kappa shape index (κ3) is 3.01. The Kier molecular flexibility index (Phi) is 4.32. The second-order valence-electron chi connectivity index (χ2n) is 5.68. The molecule has 1 aliphatic rings. The Morgan fingerprint density at radius 3 is 2.85 bits per heavy atom. The van der Waals surface area contributed by atoms with Gasteiger partial charge in [-0.1, -0.05) is 29.8 Å². The average Bonchev–Trinajstić information content (AvgIpc) is 3.17. The summed E-state index contributed by atoms with van der Waals surface area (Å²) in [5.74, 6) is 0. The topological polar surface area (TPSA) is 21.3 Å². The Morgan fingerprint density at radius 2 is 2.15 bits per heavy atom. The molecule has 0 spiro atoms. The lowest BCUT2D eigenvalue weighted by molar-refractivity contribution is 0.171. The number of methoxy groups -OCH3 is 1. The van der Waals surface area contributed by atoms with Crippen LogP contribution in [-0.2, 0) is 11.3 Å². The molecule has 20 heavy (non-hydrogen) atoms. The average molecular weight is 310 g/mol. The van der Waals surface area contributed by atoms with Crippen molar-refractivity contribution >= 4 is 33.0 Å². The van der Waals surface area contributed by atoms with E-state index in [4.69, 9.17) is 16.3 Å². The van der Waals surface area contributed by atoms with Crippen LogP contribution in [0.25, 0.3) is 10.1 Å². The van der Waals surface area contributed by atoms with Crippen LogP contribution in [0.3, 0.4) is 0 Å². The number of rotatable bonds is 7. The van der Waals surface area contributed by atoms with E-state index in [2.05, 4.69) is 23.5 Å². The fourth-order valence-corrected chi connectivity index (χ4v) is 4.10. The van der Waals surface area contributed by atoms with Crippen molar-refractivity contribution in [2.75, 3.05) is 20.3 Å². The maximum atomic E-state index is 6.46. The van der Waals surface area contributed by atoms with Crippen LogP contribution in [0.1, 0.15) is 24.1 Å². The minimum absolute atomic E-state index is 0.485. The zero-order chi connectivity index (χ0) is 14.0. The van der Waals surface area contributed by atoms with E-state index < -0.39 is 0 Å². The number of fused-ring (bicyclic) bond motifs is 1. The van der Waals surface area contributed by atoms with Gasteiger partial charge >= 0.3 is 0 Å². The second kappa shape index (κ2) is 6.02. The molecule has 0 atom stereocenters. The third-order valence-electron chi connectivity index (χ3n) is 4.18. The summed E-state index contributed by atoms with van der Waals surface area (Å²) in [6.07, 6.45) is 3.81. The highest BCUT2D eigenvalue weighted by Gasteiger charge is 2.41. The largest absolute Gasteiger partial charge is 0.385 e. The Morgan fingerprint density at radius 1 is 1.35 bits per heavy atom. The smallest absolute Gasteiger partial charge is 0.0636 e. The van der Waals surface area contributed by atoms with E-state index in [1.54, 1.807) is 18.4 Å². The van der Waals surface area contributed by atoms with E-state index in [1.165, 1.54) is 27.8 Å². The summed E-state index contributed by atoms with van der Waals surface area (Å²) in [6, 6.07) is 8.34. The van der Waals surface area contributed by atoms with Crippen LogP contribution in [0.2, 0.25) is 5.02 Å². The number of thiophene rings is 1. The van der Waals surface area contributed by atoms with Crippen LogP contribution in [-0.4, -0.2) is 20.3 Å². The van der Waals surface area contributed by atoms with Crippen molar-refractivity contribution in [2.45, 2.75) is 25.8 Å². The number of nitrogens with one attached hydrogen (secondary N) is 1. The van der Waals surface area contributed by atoms with Gasteiger partial charge in [-0.05, 0) is 30.7 Å². The van der Waals surface area contributed by atoms with Gasteiger partial charge in [-0.25, -0.2) is 0 Å². The van der Waals surface area contributed by atoms with Crippen LogP contribution in [0.4, 0.5) is 0 Å². The monoisotopic (exact) mass is 309 g/mol. The molecule has 1 aliphatic carbocycles. The van der Waals surface area contributed by atoms with Crippen molar-refractivity contribution in [3.05, 3.63) is 34.2 Å². The number of benzene rings is 1. The SMILES string of the molecule is COCCC1(CNCc2sc3ccccc3c2Cl)CC1. The Labute approximate surface area is 129 Å². The van der Waals surface area contributed by atoms with Crippen molar-refractivity contribution in [3.8, 4) is 0 Å². The molecule has 0 radical (unpaired) electrons. The summed E-state index contributed by atoms with van der Waals surface area (Å²) in [6.45, 7) is 2.80. The van der Waals surface area contributed by atoms with Crippen molar-refractivity contribution in [2.24, 2.45) is 5.41 Å². The molecule has 0 unspecified atom stereocenters. The summed E-state index contributed by atoms with van der Waals surface area (Å²) >= 11 is 8.25. The van der Waals surface area contributed by atoms with Gasteiger partial charge in [0.15, 0.2) is 0 Å². The Hall–Kier alpha value is -0.610. The van der Waals surface area contributed by atoms with E-state index in [1.807, 2.05) is 6.07 Å². The molecule has 1 N–H and O–H groups in total. The summed E-state index contributed by atoms with van der Waals surface area (Å²) in [4.78, 5) is 1.25. The first-order chi connectivity index (χ1) is 9.74. The van der Waals surface area contributed by atoms with Crippen LogP contribution in [0.15, 0.2) is 24.3 Å². The molecule has 108 valence electrons. The van der Waals surface area contributed by atoms with Crippen molar-refractivity contribution in [3.63, 3.8) is 0 Å². The van der Waals surface area contributed by atoms with Gasteiger partial charge in [0, 0.05) is 41.8 Å². The number of halogens is 1. The van der Waals surface area contributed by atoms with Crippen LogP contribution in [0, 0.1) is 5.41 Å². The molecule has 0 amide bonds. The standard InChI is InChI=1S/C16H20ClNOS/c1-19-9-8-16(6-7-16)11-18-10-14-15(17)12-4-2-3-5-13(12)20-14/h2-5,18H,6-11H2,1H3. The lowest BCUT2D eigenvalue weighted by atomic mass is 10.0. The quantitative estimate of drug-likeness (QED) is 0.815. The molecular weight excluding hydrogens is 290 g/mol. The molecular formula is C16H20ClNOS. The van der Waals surface area contributed by atoms with Gasteiger partial charge in [0.1, 0.15) is 0 Å². The molecule has 3 rings (SSSR count). The fraction of sp³-hybridized carbons (Fsp3) is 0.500. The third-order valence-corrected chi connectivity index (χ3v) is 5.90. The first-order valence-electron chi connectivity index (χ1n) is 7.10. The molecule has 1 saturated carbocycles. The summed E-state index contributed by atoms with van der Waals surface area (Å²) in [5, 5.41) is 5.68. The molecule has 1 aromatic heterocycles. The molecule has 0 bridgehead atoms. The summed E-state index contributed by atoms with van der Waals surface area (Å²) < 4.78 is 6.47. The van der Waals surface area contributed by atoms with Crippen LogP contribution in [0.5, 0.6) is 0 Å². The molecule has 4 heteroatoms. The number of hydrogen-bond acceptors (Lipinski definition) is 3. The minimum atomic E-state index is 0.485. The zero-order valence-electron chi connectivity index (χ0n) is 11.7. The predicted molar refractivity (Wildman–Crippen MR) is 86.7 cm³/mol. The zero-order valence-corrected chi connectivity index (χ0v) is 13.3. The molecule has 1 heterocycles. The van der Waals surface area contributed by atoms with Crippen LogP contribution < -0.4 is 5.32 Å². The maximum Gasteiger partial charge on any atom is 0.0636 e. The minimum Gasteiger partial charge on any atom is -0.385 e. The fourth-order valence-electron chi connectivity index (χ4n) is 2.63. The molecule has 1 aromatic carbocycles. The highest BCUT2D eigenvalue weighted by molar-refractivity contribution is 7.19. The van der Waals surface area contributed by atoms with E-state index in [0.717, 1.165) is 31.1 Å². The molecule has 0 aliphatic heterocycles. The summed E-state index contributed by atoms with van der Waals surface area (Å²) in [7, 11) is 1.78. The summed E-state index contributed by atoms with van der Waals surface area (Å²) in [5.41, 5.74) is 0.485. The predicted octanol–water partition coefficient (Wildman–Crippen LogP) is 4.46. The van der Waals surface area contributed by atoms with Gasteiger partial charge in [0.05, 0.1) is 5.02 Å². The Balaban J connectivity index is 1.59.